The summed E-state index contributed by atoms with van der Waals surface area (Å²) in [5.74, 6) is 1.81. The van der Waals surface area contributed by atoms with E-state index in [1.807, 2.05) is 73.8 Å². The summed E-state index contributed by atoms with van der Waals surface area (Å²) in [6.07, 6.45) is 3.58. The molecule has 30 heavy (non-hydrogen) atoms. The third kappa shape index (κ3) is 3.60. The number of aromatic nitrogens is 5. The van der Waals surface area contributed by atoms with E-state index in [1.54, 1.807) is 6.20 Å². The third-order valence-electron chi connectivity index (χ3n) is 4.67. The molecule has 1 N–H and O–H groups in total. The maximum atomic E-state index is 5.89. The summed E-state index contributed by atoms with van der Waals surface area (Å²) in [6, 6.07) is 19.7. The predicted molar refractivity (Wildman–Crippen MR) is 115 cm³/mol. The van der Waals surface area contributed by atoms with Gasteiger partial charge in [0, 0.05) is 29.9 Å². The van der Waals surface area contributed by atoms with E-state index < -0.39 is 0 Å². The van der Waals surface area contributed by atoms with Crippen molar-refractivity contribution in [1.82, 2.24) is 25.1 Å². The monoisotopic (exact) mass is 394 g/mol. The van der Waals surface area contributed by atoms with Crippen molar-refractivity contribution >= 4 is 16.7 Å². The standard InChI is InChI=1S/C23H18N6O/c1-15-6-4-8-17(12-15)22-28-29-23(30-22)21-26-19-10-3-2-9-18(19)20(27-21)25-14-16-7-5-11-24-13-16/h2-13H,14H2,1H3,(H,25,26,27). The van der Waals surface area contributed by atoms with Crippen LogP contribution >= 0.6 is 0 Å². The summed E-state index contributed by atoms with van der Waals surface area (Å²) in [7, 11) is 0. The minimum atomic E-state index is 0.279. The number of nitrogens with one attached hydrogen (secondary N) is 1. The number of fused-ring (bicyclic) bond motifs is 1. The van der Waals surface area contributed by atoms with Crippen LogP contribution in [-0.2, 0) is 6.54 Å². The molecule has 3 aromatic heterocycles. The minimum Gasteiger partial charge on any atom is -0.413 e. The fourth-order valence-corrected chi connectivity index (χ4v) is 3.20. The van der Waals surface area contributed by atoms with Crippen LogP contribution in [0.1, 0.15) is 11.1 Å². The zero-order valence-electron chi connectivity index (χ0n) is 16.3. The Kier molecular flexibility index (Phi) is 4.61. The first-order chi connectivity index (χ1) is 14.8. The molecule has 0 aliphatic rings. The maximum absolute atomic E-state index is 5.89. The van der Waals surface area contributed by atoms with E-state index in [9.17, 15) is 0 Å². The quantitative estimate of drug-likeness (QED) is 0.463. The number of anilines is 1. The Morgan fingerprint density at radius 3 is 2.67 bits per heavy atom. The number of pyridine rings is 1. The molecular formula is C23H18N6O. The highest BCUT2D eigenvalue weighted by Gasteiger charge is 2.16. The van der Waals surface area contributed by atoms with Crippen LogP contribution in [0.25, 0.3) is 34.1 Å². The number of aryl methyl sites for hydroxylation is 1. The summed E-state index contributed by atoms with van der Waals surface area (Å²) >= 11 is 0. The zero-order valence-corrected chi connectivity index (χ0v) is 16.3. The molecule has 0 amide bonds. The second-order valence-electron chi connectivity index (χ2n) is 6.91. The first kappa shape index (κ1) is 17.9. The molecule has 7 heteroatoms. The van der Waals surface area contributed by atoms with Gasteiger partial charge in [0.2, 0.25) is 11.7 Å². The van der Waals surface area contributed by atoms with Crippen LogP contribution in [0.5, 0.6) is 0 Å². The van der Waals surface area contributed by atoms with Gasteiger partial charge in [-0.05, 0) is 42.8 Å². The summed E-state index contributed by atoms with van der Waals surface area (Å²) in [4.78, 5) is 13.5. The van der Waals surface area contributed by atoms with Crippen LogP contribution in [-0.4, -0.2) is 25.1 Å². The molecule has 0 saturated heterocycles. The lowest BCUT2D eigenvalue weighted by molar-refractivity contribution is 0.579. The number of rotatable bonds is 5. The van der Waals surface area contributed by atoms with Crippen molar-refractivity contribution in [3.05, 3.63) is 84.2 Å². The van der Waals surface area contributed by atoms with Gasteiger partial charge in [-0.2, -0.15) is 0 Å². The van der Waals surface area contributed by atoms with Gasteiger partial charge in [-0.15, -0.1) is 10.2 Å². The lowest BCUT2D eigenvalue weighted by atomic mass is 10.1. The Labute approximate surface area is 172 Å². The zero-order chi connectivity index (χ0) is 20.3. The highest BCUT2D eigenvalue weighted by molar-refractivity contribution is 5.90. The van der Waals surface area contributed by atoms with E-state index in [0.717, 1.165) is 27.6 Å². The van der Waals surface area contributed by atoms with Crippen LogP contribution in [0.3, 0.4) is 0 Å². The van der Waals surface area contributed by atoms with Crippen molar-refractivity contribution in [2.24, 2.45) is 0 Å². The smallest absolute Gasteiger partial charge is 0.286 e. The fourth-order valence-electron chi connectivity index (χ4n) is 3.20. The van der Waals surface area contributed by atoms with Crippen molar-refractivity contribution < 1.29 is 4.42 Å². The average Bonchev–Trinajstić information content (AvgIpc) is 3.28. The molecule has 0 aliphatic heterocycles. The second kappa shape index (κ2) is 7.71. The van der Waals surface area contributed by atoms with E-state index in [2.05, 4.69) is 30.5 Å². The Morgan fingerprint density at radius 2 is 1.80 bits per heavy atom. The van der Waals surface area contributed by atoms with Crippen molar-refractivity contribution in [2.45, 2.75) is 13.5 Å². The van der Waals surface area contributed by atoms with Crippen molar-refractivity contribution in [2.75, 3.05) is 5.32 Å². The van der Waals surface area contributed by atoms with Gasteiger partial charge in [0.15, 0.2) is 0 Å². The summed E-state index contributed by atoms with van der Waals surface area (Å²) < 4.78 is 5.89. The predicted octanol–water partition coefficient (Wildman–Crippen LogP) is 4.66. The molecule has 3 heterocycles. The van der Waals surface area contributed by atoms with Crippen molar-refractivity contribution in [3.8, 4) is 23.2 Å². The molecule has 5 aromatic rings. The molecule has 2 aromatic carbocycles. The maximum Gasteiger partial charge on any atom is 0.286 e. The summed E-state index contributed by atoms with van der Waals surface area (Å²) in [5, 5.41) is 12.7. The first-order valence-electron chi connectivity index (χ1n) is 9.57. The SMILES string of the molecule is Cc1cccc(-c2nnc(-c3nc(NCc4cccnc4)c4ccccc4n3)o2)c1. The minimum absolute atomic E-state index is 0.279. The molecule has 7 nitrogen and oxygen atoms in total. The molecule has 0 saturated carbocycles. The van der Waals surface area contributed by atoms with Gasteiger partial charge in [0.05, 0.1) is 5.52 Å². The average molecular weight is 394 g/mol. The number of hydrogen-bond donors (Lipinski definition) is 1. The molecule has 0 unspecified atom stereocenters. The Bertz CT molecular complexity index is 1320. The van der Waals surface area contributed by atoms with Crippen molar-refractivity contribution in [1.29, 1.82) is 0 Å². The first-order valence-corrected chi connectivity index (χ1v) is 9.57. The van der Waals surface area contributed by atoms with E-state index >= 15 is 0 Å². The number of benzene rings is 2. The molecule has 5 rings (SSSR count). The second-order valence-corrected chi connectivity index (χ2v) is 6.91. The highest BCUT2D eigenvalue weighted by Crippen LogP contribution is 2.27. The molecule has 0 radical (unpaired) electrons. The van der Waals surface area contributed by atoms with Gasteiger partial charge in [-0.3, -0.25) is 4.98 Å². The number of para-hydroxylation sites is 1. The van der Waals surface area contributed by atoms with E-state index in [-0.39, 0.29) is 5.89 Å². The van der Waals surface area contributed by atoms with Crippen LogP contribution in [0.4, 0.5) is 5.82 Å². The van der Waals surface area contributed by atoms with Gasteiger partial charge >= 0.3 is 0 Å². The van der Waals surface area contributed by atoms with E-state index in [0.29, 0.717) is 24.1 Å². The lowest BCUT2D eigenvalue weighted by Gasteiger charge is -2.09. The molecular weight excluding hydrogens is 376 g/mol. The molecule has 0 fully saturated rings. The van der Waals surface area contributed by atoms with Gasteiger partial charge in [-0.25, -0.2) is 9.97 Å². The number of nitrogens with zero attached hydrogens (tertiary/aromatic N) is 5. The molecule has 0 bridgehead atoms. The topological polar surface area (TPSA) is 89.6 Å². The summed E-state index contributed by atoms with van der Waals surface area (Å²) in [5.41, 5.74) is 3.84. The van der Waals surface area contributed by atoms with Crippen LogP contribution < -0.4 is 5.32 Å². The van der Waals surface area contributed by atoms with Gasteiger partial charge < -0.3 is 9.73 Å². The number of hydrogen-bond acceptors (Lipinski definition) is 7. The normalized spacial score (nSPS) is 11.0. The Balaban J connectivity index is 1.52. The molecule has 146 valence electrons. The Hall–Kier alpha value is -4.13. The van der Waals surface area contributed by atoms with Crippen LogP contribution in [0, 0.1) is 6.92 Å². The molecule has 0 atom stereocenters. The van der Waals surface area contributed by atoms with Crippen LogP contribution in [0.15, 0.2) is 77.5 Å². The fraction of sp³-hybridized carbons (Fsp3) is 0.0870. The lowest BCUT2D eigenvalue weighted by Crippen LogP contribution is -2.04. The van der Waals surface area contributed by atoms with E-state index in [1.165, 1.54) is 0 Å². The Morgan fingerprint density at radius 1 is 0.900 bits per heavy atom. The highest BCUT2D eigenvalue weighted by atomic mass is 16.4. The third-order valence-corrected chi connectivity index (χ3v) is 4.67. The van der Waals surface area contributed by atoms with Gasteiger partial charge in [0.1, 0.15) is 5.82 Å². The van der Waals surface area contributed by atoms with Gasteiger partial charge in [0.25, 0.3) is 5.89 Å². The largest absolute Gasteiger partial charge is 0.413 e. The van der Waals surface area contributed by atoms with Gasteiger partial charge in [-0.1, -0.05) is 35.9 Å². The summed E-state index contributed by atoms with van der Waals surface area (Å²) in [6.45, 7) is 2.61. The molecule has 0 spiro atoms. The van der Waals surface area contributed by atoms with E-state index in [4.69, 9.17) is 4.42 Å². The van der Waals surface area contributed by atoms with Crippen LogP contribution in [0.2, 0.25) is 0 Å². The molecule has 0 aliphatic carbocycles. The van der Waals surface area contributed by atoms with Crippen molar-refractivity contribution in [3.63, 3.8) is 0 Å².